The van der Waals surface area contributed by atoms with E-state index in [2.05, 4.69) is 9.55 Å². The molecule has 0 bridgehead atoms. The molecule has 0 aliphatic carbocycles. The number of benzene rings is 3. The molecule has 0 fully saturated rings. The van der Waals surface area contributed by atoms with Crippen molar-refractivity contribution in [1.29, 1.82) is 0 Å². The van der Waals surface area contributed by atoms with Gasteiger partial charge in [-0.2, -0.15) is 0 Å². The quantitative estimate of drug-likeness (QED) is 0.310. The van der Waals surface area contributed by atoms with E-state index < -0.39 is 0 Å². The smallest absolute Gasteiger partial charge is 0.173 e. The van der Waals surface area contributed by atoms with Gasteiger partial charge >= 0.3 is 0 Å². The summed E-state index contributed by atoms with van der Waals surface area (Å²) in [5, 5.41) is 1.86. The molecule has 3 aromatic carbocycles. The summed E-state index contributed by atoms with van der Waals surface area (Å²) in [5.74, 6) is 0.451. The highest BCUT2D eigenvalue weighted by Crippen LogP contribution is 2.34. The summed E-state index contributed by atoms with van der Waals surface area (Å²) in [7, 11) is 0. The first kappa shape index (κ1) is 19.1. The van der Waals surface area contributed by atoms with Crippen molar-refractivity contribution in [2.75, 3.05) is 0 Å². The number of nitrogens with zero attached hydrogens (tertiary/aromatic N) is 2. The Balaban J connectivity index is 1.73. The van der Waals surface area contributed by atoms with Crippen molar-refractivity contribution < 1.29 is 4.39 Å². The fraction of sp³-hybridized carbons (Fsp3) is 0.0455. The minimum absolute atomic E-state index is 0.235. The highest BCUT2D eigenvalue weighted by Gasteiger charge is 2.15. The Morgan fingerprint density at radius 3 is 2.36 bits per heavy atom. The van der Waals surface area contributed by atoms with Crippen molar-refractivity contribution in [2.24, 2.45) is 0 Å². The van der Waals surface area contributed by atoms with Crippen LogP contribution in [0, 0.1) is 5.82 Å². The molecule has 0 spiro atoms. The molecule has 0 aliphatic rings. The Morgan fingerprint density at radius 1 is 0.893 bits per heavy atom. The maximum absolute atomic E-state index is 13.1. The predicted molar refractivity (Wildman–Crippen MR) is 115 cm³/mol. The minimum atomic E-state index is -0.235. The van der Waals surface area contributed by atoms with Gasteiger partial charge in [-0.25, -0.2) is 9.37 Å². The summed E-state index contributed by atoms with van der Waals surface area (Å²) in [5.41, 5.74) is 3.89. The van der Waals surface area contributed by atoms with Gasteiger partial charge in [0.25, 0.3) is 0 Å². The number of hydrogen-bond acceptors (Lipinski definition) is 2. The summed E-state index contributed by atoms with van der Waals surface area (Å²) >= 11 is 13.9. The van der Waals surface area contributed by atoms with Crippen molar-refractivity contribution in [3.63, 3.8) is 0 Å². The predicted octanol–water partition coefficient (Wildman–Crippen LogP) is 7.28. The molecule has 0 unspecified atom stereocenters. The van der Waals surface area contributed by atoms with Gasteiger partial charge in [-0.3, -0.25) is 4.57 Å². The van der Waals surface area contributed by atoms with Gasteiger partial charge in [-0.15, -0.1) is 0 Å². The second-order valence-corrected chi connectivity index (χ2v) is 7.90. The number of imidazole rings is 1. The molecule has 6 heteroatoms. The maximum atomic E-state index is 13.1. The lowest BCUT2D eigenvalue weighted by molar-refractivity contribution is 0.627. The van der Waals surface area contributed by atoms with Crippen LogP contribution in [-0.4, -0.2) is 9.55 Å². The first-order chi connectivity index (χ1) is 13.6. The normalized spacial score (nSPS) is 11.0. The third-order valence-electron chi connectivity index (χ3n) is 4.24. The number of halogens is 3. The number of para-hydroxylation sites is 1. The van der Waals surface area contributed by atoms with Gasteiger partial charge in [0, 0.05) is 17.0 Å². The van der Waals surface area contributed by atoms with E-state index in [1.165, 1.54) is 12.1 Å². The summed E-state index contributed by atoms with van der Waals surface area (Å²) in [4.78, 5) is 4.63. The minimum Gasteiger partial charge on any atom is -0.287 e. The molecular weight excluding hydrogens is 414 g/mol. The molecule has 0 N–H and O–H groups in total. The number of rotatable bonds is 5. The molecule has 1 aromatic heterocycles. The van der Waals surface area contributed by atoms with Crippen LogP contribution in [0.1, 0.15) is 5.56 Å². The Kier molecular flexibility index (Phi) is 5.72. The van der Waals surface area contributed by atoms with Gasteiger partial charge < -0.3 is 0 Å². The van der Waals surface area contributed by atoms with E-state index in [9.17, 15) is 4.39 Å². The molecule has 4 rings (SSSR count). The number of hydrogen-bond donors (Lipinski definition) is 0. The van der Waals surface area contributed by atoms with Crippen molar-refractivity contribution in [2.45, 2.75) is 10.9 Å². The Morgan fingerprint density at radius 2 is 1.64 bits per heavy atom. The lowest BCUT2D eigenvalue weighted by Gasteiger charge is -2.12. The maximum Gasteiger partial charge on any atom is 0.173 e. The van der Waals surface area contributed by atoms with E-state index in [1.807, 2.05) is 48.7 Å². The van der Waals surface area contributed by atoms with E-state index in [1.54, 1.807) is 30.0 Å². The fourth-order valence-corrected chi connectivity index (χ4v) is 4.10. The highest BCUT2D eigenvalue weighted by molar-refractivity contribution is 7.98. The van der Waals surface area contributed by atoms with Gasteiger partial charge in [-0.1, -0.05) is 71.4 Å². The fourth-order valence-electron chi connectivity index (χ4n) is 2.85. The summed E-state index contributed by atoms with van der Waals surface area (Å²) < 4.78 is 15.2. The van der Waals surface area contributed by atoms with Gasteiger partial charge in [0.05, 0.1) is 21.9 Å². The SMILES string of the molecule is Fc1ccc(CSc2ncc(-c3ccc(Cl)c(Cl)c3)n2-c2ccccc2)cc1. The zero-order chi connectivity index (χ0) is 19.5. The molecular formula is C22H15Cl2FN2S. The molecule has 140 valence electrons. The van der Waals surface area contributed by atoms with E-state index >= 15 is 0 Å². The topological polar surface area (TPSA) is 17.8 Å². The van der Waals surface area contributed by atoms with E-state index in [0.29, 0.717) is 15.8 Å². The lowest BCUT2D eigenvalue weighted by Crippen LogP contribution is -1.99. The Labute approximate surface area is 177 Å². The molecule has 4 aromatic rings. The molecule has 2 nitrogen and oxygen atoms in total. The first-order valence-corrected chi connectivity index (χ1v) is 10.3. The van der Waals surface area contributed by atoms with Crippen molar-refractivity contribution in [3.8, 4) is 16.9 Å². The van der Waals surface area contributed by atoms with Crippen LogP contribution in [0.3, 0.4) is 0 Å². The number of thioether (sulfide) groups is 1. The van der Waals surface area contributed by atoms with Crippen LogP contribution in [0.15, 0.2) is 84.1 Å². The summed E-state index contributed by atoms with van der Waals surface area (Å²) in [6, 6.07) is 22.1. The van der Waals surface area contributed by atoms with Crippen molar-refractivity contribution in [3.05, 3.63) is 100 Å². The molecule has 0 aliphatic heterocycles. The molecule has 0 amide bonds. The van der Waals surface area contributed by atoms with Crippen LogP contribution in [0.2, 0.25) is 10.0 Å². The van der Waals surface area contributed by atoms with Crippen LogP contribution >= 0.6 is 35.0 Å². The van der Waals surface area contributed by atoms with Crippen molar-refractivity contribution in [1.82, 2.24) is 9.55 Å². The van der Waals surface area contributed by atoms with Crippen LogP contribution in [0.5, 0.6) is 0 Å². The zero-order valence-electron chi connectivity index (χ0n) is 14.6. The van der Waals surface area contributed by atoms with E-state index in [0.717, 1.165) is 27.7 Å². The molecule has 1 heterocycles. The van der Waals surface area contributed by atoms with Crippen LogP contribution in [0.4, 0.5) is 4.39 Å². The molecule has 0 atom stereocenters. The molecule has 0 saturated heterocycles. The number of aromatic nitrogens is 2. The van der Waals surface area contributed by atoms with Gasteiger partial charge in [-0.05, 0) is 42.0 Å². The standard InChI is InChI=1S/C22H15Cl2FN2S/c23-19-11-8-16(12-20(19)24)21-13-26-22(27(21)18-4-2-1-3-5-18)28-14-15-6-9-17(25)10-7-15/h1-13H,14H2. The van der Waals surface area contributed by atoms with Crippen LogP contribution in [-0.2, 0) is 5.75 Å². The molecule has 28 heavy (non-hydrogen) atoms. The Hall–Kier alpha value is -2.27. The van der Waals surface area contributed by atoms with Gasteiger partial charge in [0.1, 0.15) is 5.82 Å². The zero-order valence-corrected chi connectivity index (χ0v) is 17.0. The summed E-state index contributed by atoms with van der Waals surface area (Å²) in [6.07, 6.45) is 1.83. The average molecular weight is 429 g/mol. The first-order valence-electron chi connectivity index (χ1n) is 8.57. The van der Waals surface area contributed by atoms with Gasteiger partial charge in [0.2, 0.25) is 0 Å². The second kappa shape index (κ2) is 8.39. The largest absolute Gasteiger partial charge is 0.287 e. The van der Waals surface area contributed by atoms with E-state index in [4.69, 9.17) is 23.2 Å². The van der Waals surface area contributed by atoms with E-state index in [-0.39, 0.29) is 5.82 Å². The second-order valence-electron chi connectivity index (χ2n) is 6.14. The van der Waals surface area contributed by atoms with Crippen LogP contribution < -0.4 is 0 Å². The third-order valence-corrected chi connectivity index (χ3v) is 6.00. The highest BCUT2D eigenvalue weighted by atomic mass is 35.5. The Bertz CT molecular complexity index is 1100. The average Bonchev–Trinajstić information content (AvgIpc) is 3.14. The van der Waals surface area contributed by atoms with Crippen molar-refractivity contribution >= 4 is 35.0 Å². The monoisotopic (exact) mass is 428 g/mol. The third kappa shape index (κ3) is 4.09. The molecule has 0 radical (unpaired) electrons. The van der Waals surface area contributed by atoms with Gasteiger partial charge in [0.15, 0.2) is 5.16 Å². The van der Waals surface area contributed by atoms with Crippen LogP contribution in [0.25, 0.3) is 16.9 Å². The summed E-state index contributed by atoms with van der Waals surface area (Å²) in [6.45, 7) is 0. The lowest BCUT2D eigenvalue weighted by atomic mass is 10.1. The molecule has 0 saturated carbocycles.